The highest BCUT2D eigenvalue weighted by Crippen LogP contribution is 2.41. The average Bonchev–Trinajstić information content (AvgIpc) is 2.77. The summed E-state index contributed by atoms with van der Waals surface area (Å²) in [6.07, 6.45) is 0. The second-order valence-corrected chi connectivity index (χ2v) is 7.37. The number of thiophene rings is 1. The first-order valence-corrected chi connectivity index (χ1v) is 8.15. The van der Waals surface area contributed by atoms with Gasteiger partial charge in [-0.05, 0) is 64.7 Å². The molecule has 2 rings (SSSR count). The first-order valence-electron chi connectivity index (χ1n) is 6.10. The summed E-state index contributed by atoms with van der Waals surface area (Å²) in [5, 5.41) is -0.190. The summed E-state index contributed by atoms with van der Waals surface area (Å²) < 4.78 is 11.8. The largest absolute Gasteiger partial charge is 0.493 e. The predicted octanol–water partition coefficient (Wildman–Crippen LogP) is 5.47. The standard InChI is InChI=1S/C15H16BrClO2S/c1-8-5-11(18-3)12(19-4)7-10(8)14(17)13-6-9(2)15(16)20-13/h5-7,14H,1-4H3. The molecule has 1 heterocycles. The molecule has 0 saturated carbocycles. The Hall–Kier alpha value is -0.710. The lowest BCUT2D eigenvalue weighted by Crippen LogP contribution is -1.98. The number of hydrogen-bond donors (Lipinski definition) is 0. The number of rotatable bonds is 4. The maximum Gasteiger partial charge on any atom is 0.161 e. The number of benzene rings is 1. The topological polar surface area (TPSA) is 18.5 Å². The summed E-state index contributed by atoms with van der Waals surface area (Å²) >= 11 is 11.8. The van der Waals surface area contributed by atoms with Crippen molar-refractivity contribution in [3.63, 3.8) is 0 Å². The first-order chi connectivity index (χ1) is 9.47. The third-order valence-electron chi connectivity index (χ3n) is 3.17. The number of halogens is 2. The minimum Gasteiger partial charge on any atom is -0.493 e. The number of aryl methyl sites for hydroxylation is 2. The zero-order chi connectivity index (χ0) is 14.9. The van der Waals surface area contributed by atoms with E-state index in [4.69, 9.17) is 21.1 Å². The molecule has 108 valence electrons. The van der Waals surface area contributed by atoms with Gasteiger partial charge in [-0.25, -0.2) is 0 Å². The Labute approximate surface area is 136 Å². The molecule has 0 spiro atoms. The Morgan fingerprint density at radius 3 is 2.15 bits per heavy atom. The molecule has 0 saturated heterocycles. The summed E-state index contributed by atoms with van der Waals surface area (Å²) in [4.78, 5) is 1.12. The molecule has 1 aromatic heterocycles. The van der Waals surface area contributed by atoms with Gasteiger partial charge in [0.2, 0.25) is 0 Å². The van der Waals surface area contributed by atoms with Crippen LogP contribution in [0.2, 0.25) is 0 Å². The van der Waals surface area contributed by atoms with Crippen LogP contribution in [0.25, 0.3) is 0 Å². The molecular formula is C15H16BrClO2S. The van der Waals surface area contributed by atoms with E-state index in [9.17, 15) is 0 Å². The van der Waals surface area contributed by atoms with Crippen LogP contribution in [0, 0.1) is 13.8 Å². The average molecular weight is 376 g/mol. The number of methoxy groups -OCH3 is 2. The van der Waals surface area contributed by atoms with E-state index in [1.54, 1.807) is 25.6 Å². The van der Waals surface area contributed by atoms with Crippen molar-refractivity contribution in [3.05, 3.63) is 43.6 Å². The Kier molecular flexibility index (Phi) is 4.99. The Morgan fingerprint density at radius 2 is 1.65 bits per heavy atom. The van der Waals surface area contributed by atoms with Gasteiger partial charge >= 0.3 is 0 Å². The smallest absolute Gasteiger partial charge is 0.161 e. The quantitative estimate of drug-likeness (QED) is 0.659. The van der Waals surface area contributed by atoms with E-state index in [1.807, 2.05) is 19.1 Å². The van der Waals surface area contributed by atoms with Crippen molar-refractivity contribution in [2.75, 3.05) is 14.2 Å². The summed E-state index contributed by atoms with van der Waals surface area (Å²) in [5.41, 5.74) is 3.33. The van der Waals surface area contributed by atoms with Crippen molar-refractivity contribution < 1.29 is 9.47 Å². The van der Waals surface area contributed by atoms with Gasteiger partial charge in [-0.1, -0.05) is 0 Å². The molecule has 2 aromatic rings. The van der Waals surface area contributed by atoms with Crippen LogP contribution in [0.3, 0.4) is 0 Å². The monoisotopic (exact) mass is 374 g/mol. The minimum absolute atomic E-state index is 0.190. The Balaban J connectivity index is 2.46. The molecule has 0 N–H and O–H groups in total. The minimum atomic E-state index is -0.190. The van der Waals surface area contributed by atoms with Crippen LogP contribution >= 0.6 is 38.9 Å². The van der Waals surface area contributed by atoms with E-state index in [0.29, 0.717) is 5.75 Å². The van der Waals surface area contributed by atoms with Crippen LogP contribution in [-0.2, 0) is 0 Å². The van der Waals surface area contributed by atoms with Gasteiger partial charge in [0.15, 0.2) is 11.5 Å². The first kappa shape index (κ1) is 15.7. The van der Waals surface area contributed by atoms with Crippen LogP contribution in [0.4, 0.5) is 0 Å². The van der Waals surface area contributed by atoms with Gasteiger partial charge in [-0.2, -0.15) is 0 Å². The molecule has 20 heavy (non-hydrogen) atoms. The molecule has 0 fully saturated rings. The van der Waals surface area contributed by atoms with Crippen molar-refractivity contribution in [1.82, 2.24) is 0 Å². The molecule has 2 nitrogen and oxygen atoms in total. The molecule has 5 heteroatoms. The molecule has 1 atom stereocenters. The van der Waals surface area contributed by atoms with Crippen molar-refractivity contribution in [2.24, 2.45) is 0 Å². The molecule has 0 bridgehead atoms. The number of ether oxygens (including phenoxy) is 2. The number of hydrogen-bond acceptors (Lipinski definition) is 3. The highest BCUT2D eigenvalue weighted by Gasteiger charge is 2.19. The number of alkyl halides is 1. The molecule has 0 radical (unpaired) electrons. The van der Waals surface area contributed by atoms with Crippen LogP contribution in [-0.4, -0.2) is 14.2 Å². The second-order valence-electron chi connectivity index (χ2n) is 4.53. The third-order valence-corrected chi connectivity index (χ3v) is 5.97. The van der Waals surface area contributed by atoms with Gasteiger partial charge in [0.1, 0.15) is 0 Å². The van der Waals surface area contributed by atoms with E-state index < -0.39 is 0 Å². The fourth-order valence-corrected chi connectivity index (χ4v) is 4.03. The SMILES string of the molecule is COc1cc(C)c(C(Cl)c2cc(C)c(Br)s2)cc1OC. The lowest BCUT2D eigenvalue weighted by atomic mass is 10.0. The van der Waals surface area contributed by atoms with E-state index in [-0.39, 0.29) is 5.38 Å². The van der Waals surface area contributed by atoms with E-state index in [1.165, 1.54) is 5.56 Å². The van der Waals surface area contributed by atoms with Crippen LogP contribution < -0.4 is 9.47 Å². The van der Waals surface area contributed by atoms with Gasteiger partial charge < -0.3 is 9.47 Å². The molecule has 1 aromatic carbocycles. The van der Waals surface area contributed by atoms with Crippen LogP contribution in [0.1, 0.15) is 26.9 Å². The van der Waals surface area contributed by atoms with E-state index in [0.717, 1.165) is 25.5 Å². The van der Waals surface area contributed by atoms with Gasteiger partial charge in [0.05, 0.1) is 23.4 Å². The summed E-state index contributed by atoms with van der Waals surface area (Å²) in [5.74, 6) is 1.42. The van der Waals surface area contributed by atoms with Crippen LogP contribution in [0.15, 0.2) is 22.0 Å². The fourth-order valence-electron chi connectivity index (χ4n) is 2.03. The highest BCUT2D eigenvalue weighted by molar-refractivity contribution is 9.11. The van der Waals surface area contributed by atoms with E-state index in [2.05, 4.69) is 28.9 Å². The lowest BCUT2D eigenvalue weighted by Gasteiger charge is -2.15. The van der Waals surface area contributed by atoms with Gasteiger partial charge in [-0.15, -0.1) is 22.9 Å². The van der Waals surface area contributed by atoms with Gasteiger partial charge in [-0.3, -0.25) is 0 Å². The third kappa shape index (κ3) is 2.97. The highest BCUT2D eigenvalue weighted by atomic mass is 79.9. The van der Waals surface area contributed by atoms with Crippen molar-refractivity contribution in [3.8, 4) is 11.5 Å². The second kappa shape index (κ2) is 6.37. The summed E-state index contributed by atoms with van der Waals surface area (Å²) in [7, 11) is 3.26. The van der Waals surface area contributed by atoms with E-state index >= 15 is 0 Å². The molecular weight excluding hydrogens is 360 g/mol. The predicted molar refractivity (Wildman–Crippen MR) is 88.7 cm³/mol. The lowest BCUT2D eigenvalue weighted by molar-refractivity contribution is 0.354. The van der Waals surface area contributed by atoms with Crippen molar-refractivity contribution in [1.29, 1.82) is 0 Å². The maximum absolute atomic E-state index is 6.64. The molecule has 0 aliphatic rings. The Morgan fingerprint density at radius 1 is 1.05 bits per heavy atom. The van der Waals surface area contributed by atoms with Crippen molar-refractivity contribution in [2.45, 2.75) is 19.2 Å². The molecule has 1 unspecified atom stereocenters. The summed E-state index contributed by atoms with van der Waals surface area (Å²) in [6.45, 7) is 4.09. The molecule has 0 aliphatic heterocycles. The normalized spacial score (nSPS) is 12.3. The molecule has 0 aliphatic carbocycles. The summed E-state index contributed by atoms with van der Waals surface area (Å²) in [6, 6.07) is 6.02. The van der Waals surface area contributed by atoms with Gasteiger partial charge in [0.25, 0.3) is 0 Å². The van der Waals surface area contributed by atoms with Gasteiger partial charge in [0, 0.05) is 4.88 Å². The fraction of sp³-hybridized carbons (Fsp3) is 0.333. The zero-order valence-electron chi connectivity index (χ0n) is 11.8. The maximum atomic E-state index is 6.64. The zero-order valence-corrected chi connectivity index (χ0v) is 14.9. The van der Waals surface area contributed by atoms with Crippen LogP contribution in [0.5, 0.6) is 11.5 Å². The molecule has 0 amide bonds. The van der Waals surface area contributed by atoms with Crippen molar-refractivity contribution >= 4 is 38.9 Å². The Bertz CT molecular complexity index is 605.